The van der Waals surface area contributed by atoms with Gasteiger partial charge < -0.3 is 9.13 Å². The molecule has 24 rings (SSSR count). The Bertz CT molecular complexity index is 8090. The summed E-state index contributed by atoms with van der Waals surface area (Å²) in [6.07, 6.45) is 4.00. The molecule has 12 heteroatoms. The minimum Gasteiger partial charge on any atom is -0.309 e. The summed E-state index contributed by atoms with van der Waals surface area (Å²) in [4.78, 5) is 41.8. The van der Waals surface area contributed by atoms with Crippen molar-refractivity contribution >= 4 is 107 Å². The molecule has 0 saturated heterocycles. The van der Waals surface area contributed by atoms with Crippen molar-refractivity contribution in [2.24, 2.45) is 0 Å². The zero-order valence-corrected chi connectivity index (χ0v) is 68.3. The zero-order valence-electron chi connectivity index (χ0n) is 66.7. The normalized spacial score (nSPS) is 11.5. The lowest BCUT2D eigenvalue weighted by molar-refractivity contribution is 1.07. The summed E-state index contributed by atoms with van der Waals surface area (Å²) in [5.74, 6) is 3.54. The molecule has 0 aliphatic rings. The highest BCUT2D eigenvalue weighted by molar-refractivity contribution is 7.26. The van der Waals surface area contributed by atoms with Crippen LogP contribution in [0.3, 0.4) is 0 Å². The van der Waals surface area contributed by atoms with Crippen LogP contribution >= 0.6 is 22.7 Å². The predicted molar refractivity (Wildman–Crippen MR) is 515 cm³/mol. The van der Waals surface area contributed by atoms with Crippen LogP contribution in [0, 0.1) is 0 Å². The van der Waals surface area contributed by atoms with Crippen LogP contribution < -0.4 is 0 Å². The molecule has 0 N–H and O–H groups in total. The van der Waals surface area contributed by atoms with Crippen molar-refractivity contribution in [2.45, 2.75) is 0 Å². The predicted octanol–water partition coefficient (Wildman–Crippen LogP) is 29.5. The highest BCUT2D eigenvalue weighted by atomic mass is 32.1. The number of aromatic nitrogens is 10. The second-order valence-corrected chi connectivity index (χ2v) is 32.9. The maximum absolute atomic E-state index is 5.42. The van der Waals surface area contributed by atoms with Gasteiger partial charge in [-0.05, 0) is 112 Å². The first-order valence-electron chi connectivity index (χ1n) is 41.4. The van der Waals surface area contributed by atoms with Gasteiger partial charge in [0.2, 0.25) is 0 Å². The van der Waals surface area contributed by atoms with E-state index in [9.17, 15) is 0 Å². The van der Waals surface area contributed by atoms with Crippen LogP contribution in [0.5, 0.6) is 0 Å². The molecular weight excluding hydrogens is 1550 g/mol. The molecule has 10 nitrogen and oxygen atoms in total. The maximum Gasteiger partial charge on any atom is 0.166 e. The molecule has 16 aromatic carbocycles. The number of hydrogen-bond acceptors (Lipinski definition) is 10. The fourth-order valence-electron chi connectivity index (χ4n) is 17.8. The second-order valence-electron chi connectivity index (χ2n) is 30.8. The van der Waals surface area contributed by atoms with Gasteiger partial charge in [0.1, 0.15) is 0 Å². The van der Waals surface area contributed by atoms with E-state index >= 15 is 0 Å². The molecule has 0 aliphatic heterocycles. The molecule has 0 fully saturated rings. The van der Waals surface area contributed by atoms with Gasteiger partial charge in [0.15, 0.2) is 34.9 Å². The Morgan fingerprint density at radius 2 is 0.524 bits per heavy atom. The molecule has 8 aromatic heterocycles. The molecule has 0 bridgehead atoms. The lowest BCUT2D eigenvalue weighted by Crippen LogP contribution is -2.02. The Morgan fingerprint density at radius 1 is 0.185 bits per heavy atom. The molecule has 8 heterocycles. The molecule has 580 valence electrons. The van der Waals surface area contributed by atoms with E-state index in [1.807, 2.05) is 156 Å². The van der Waals surface area contributed by atoms with Crippen molar-refractivity contribution in [3.05, 3.63) is 425 Å². The van der Waals surface area contributed by atoms with E-state index in [4.69, 9.17) is 39.9 Å². The second kappa shape index (κ2) is 31.2. The van der Waals surface area contributed by atoms with Crippen LogP contribution in [0.4, 0.5) is 0 Å². The van der Waals surface area contributed by atoms with Gasteiger partial charge in [-0.3, -0.25) is 9.97 Å². The summed E-state index contributed by atoms with van der Waals surface area (Å²) < 4.78 is 9.61. The number of nitrogens with zero attached hydrogens (tertiary/aromatic N) is 10. The fraction of sp³-hybridized carbons (Fsp3) is 0. The van der Waals surface area contributed by atoms with E-state index in [2.05, 4.69) is 300 Å². The van der Waals surface area contributed by atoms with Crippen LogP contribution in [0.15, 0.2) is 425 Å². The Morgan fingerprint density at radius 3 is 0.968 bits per heavy atom. The maximum atomic E-state index is 5.42. The van der Waals surface area contributed by atoms with E-state index in [1.165, 1.54) is 84.0 Å². The smallest absolute Gasteiger partial charge is 0.166 e. The molecule has 0 amide bonds. The first kappa shape index (κ1) is 73.1. The zero-order chi connectivity index (χ0) is 82.0. The van der Waals surface area contributed by atoms with E-state index in [0.717, 1.165) is 112 Å². The van der Waals surface area contributed by atoms with Gasteiger partial charge >= 0.3 is 0 Å². The van der Waals surface area contributed by atoms with Crippen molar-refractivity contribution in [3.63, 3.8) is 0 Å². The molecule has 0 aliphatic carbocycles. The van der Waals surface area contributed by atoms with Crippen LogP contribution in [-0.2, 0) is 0 Å². The fourth-order valence-corrected chi connectivity index (χ4v) is 20.2. The van der Waals surface area contributed by atoms with E-state index in [0.29, 0.717) is 34.9 Å². The average molecular weight is 1620 g/mol. The molecule has 0 atom stereocenters. The third-order valence-corrected chi connectivity index (χ3v) is 25.7. The summed E-state index contributed by atoms with van der Waals surface area (Å²) in [7, 11) is 0. The highest BCUT2D eigenvalue weighted by Crippen LogP contribution is 2.50. The number of rotatable bonds is 14. The molecule has 0 unspecified atom stereocenters. The van der Waals surface area contributed by atoms with E-state index < -0.39 is 0 Å². The Kier molecular flexibility index (Phi) is 18.4. The SMILES string of the molecule is c1ccc(-c2nc(-c3ccccc3)nc(-c3cc(-c4ccccc4-c4ccccc4)cnc3-c3ccc4c(c3)sc3ccc5c(c6ccccc6n5-c5ccccc5)c34)n2)cc1.c1ccc(-c2nc(-c3ccccc3)nc(-c3cc(-c4ccccc4-c4ccccc4)cnc3-c3cccc4c3sc3ccc5c(c6ccccc6n5-c5ccccc5)c34)n2)cc1. The third-order valence-electron chi connectivity index (χ3n) is 23.4. The van der Waals surface area contributed by atoms with Gasteiger partial charge in [0.25, 0.3) is 0 Å². The van der Waals surface area contributed by atoms with Crippen molar-refractivity contribution in [2.75, 3.05) is 0 Å². The molecule has 0 spiro atoms. The monoisotopic (exact) mass is 1620 g/mol. The van der Waals surface area contributed by atoms with Crippen LogP contribution in [0.2, 0.25) is 0 Å². The number of para-hydroxylation sites is 4. The first-order chi connectivity index (χ1) is 61.5. The van der Waals surface area contributed by atoms with Crippen molar-refractivity contribution in [3.8, 4) is 147 Å². The largest absolute Gasteiger partial charge is 0.309 e. The topological polar surface area (TPSA) is 113 Å². The van der Waals surface area contributed by atoms with E-state index in [1.54, 1.807) is 0 Å². The van der Waals surface area contributed by atoms with E-state index in [-0.39, 0.29) is 0 Å². The van der Waals surface area contributed by atoms with Gasteiger partial charge in [0, 0.05) is 141 Å². The van der Waals surface area contributed by atoms with Crippen molar-refractivity contribution < 1.29 is 0 Å². The summed E-state index contributed by atoms with van der Waals surface area (Å²) >= 11 is 3.63. The molecule has 0 saturated carbocycles. The minimum absolute atomic E-state index is 0.561. The number of pyridine rings is 2. The summed E-state index contributed by atoms with van der Waals surface area (Å²) in [5, 5.41) is 9.95. The van der Waals surface area contributed by atoms with Gasteiger partial charge in [-0.2, -0.15) is 0 Å². The Hall–Kier alpha value is -16.1. The number of hydrogen-bond donors (Lipinski definition) is 0. The van der Waals surface area contributed by atoms with Gasteiger partial charge in [-0.15, -0.1) is 22.7 Å². The van der Waals surface area contributed by atoms with Crippen LogP contribution in [-0.4, -0.2) is 49.0 Å². The van der Waals surface area contributed by atoms with Crippen LogP contribution in [0.25, 0.3) is 231 Å². The Balaban J connectivity index is 0.000000143. The molecule has 124 heavy (non-hydrogen) atoms. The standard InChI is InChI=1S/2C56H35N5S/c1-5-18-36(19-6-1)41-26-13-14-27-42(41)39-34-46(56-59-54(37-20-7-2-8-21-37)58-55(60-56)38-22-9-3-10-23-38)52(57-35-39)45-30-17-29-44-51-49(62-53(44)45)33-32-48-50(51)43-28-15-16-31-47(43)61(48)40-24-11-4-12-25-40;1-5-17-36(18-6-1)42-25-13-14-26-43(42)40-33-46(56-59-54(37-19-7-2-8-20-37)58-55(60-56)38-21-9-3-10-22-38)53(57-35-40)39-29-30-45-50(34-39)62-49-32-31-48-51(52(45)49)44-27-15-16-28-47(44)61(48)41-23-11-4-12-24-41/h2*1-35H. The molecule has 0 radical (unpaired) electrons. The van der Waals surface area contributed by atoms with Gasteiger partial charge in [-0.1, -0.05) is 334 Å². The third kappa shape index (κ3) is 13.0. The molecular formula is C112H70N10S2. The quantitative estimate of drug-likeness (QED) is 0.106. The Labute approximate surface area is 722 Å². The summed E-state index contributed by atoms with van der Waals surface area (Å²) in [6.45, 7) is 0. The van der Waals surface area contributed by atoms with Crippen LogP contribution in [0.1, 0.15) is 0 Å². The first-order valence-corrected chi connectivity index (χ1v) is 43.1. The highest BCUT2D eigenvalue weighted by Gasteiger charge is 2.27. The van der Waals surface area contributed by atoms with Crippen molar-refractivity contribution in [1.82, 2.24) is 49.0 Å². The van der Waals surface area contributed by atoms with Crippen molar-refractivity contribution in [1.29, 1.82) is 0 Å². The number of thiophene rings is 2. The van der Waals surface area contributed by atoms with Gasteiger partial charge in [0.05, 0.1) is 33.5 Å². The average Bonchev–Trinajstić information content (AvgIpc) is 1.56. The summed E-state index contributed by atoms with van der Waals surface area (Å²) in [5.41, 5.74) is 24.7. The minimum atomic E-state index is 0.561. The molecule has 24 aromatic rings. The number of fused-ring (bicyclic) bond motifs is 14. The summed E-state index contributed by atoms with van der Waals surface area (Å²) in [6, 6.07) is 144. The lowest BCUT2D eigenvalue weighted by Gasteiger charge is -2.15. The lowest BCUT2D eigenvalue weighted by atomic mass is 9.93. The van der Waals surface area contributed by atoms with Gasteiger partial charge in [-0.25, -0.2) is 29.9 Å². The number of benzene rings is 16.